The lowest BCUT2D eigenvalue weighted by atomic mass is 10.1. The molecule has 25 heavy (non-hydrogen) atoms. The summed E-state index contributed by atoms with van der Waals surface area (Å²) >= 11 is 0. The Morgan fingerprint density at radius 2 is 2.12 bits per heavy atom. The van der Waals surface area contributed by atoms with Gasteiger partial charge < -0.3 is 15.2 Å². The molecule has 1 aromatic rings. The fraction of sp³-hybridized carbons (Fsp3) is 0.833. The summed E-state index contributed by atoms with van der Waals surface area (Å²) in [5.41, 5.74) is 0. The van der Waals surface area contributed by atoms with Gasteiger partial charge in [0.05, 0.1) is 0 Å². The lowest BCUT2D eigenvalue weighted by Crippen LogP contribution is -2.45. The molecule has 1 aliphatic heterocycles. The van der Waals surface area contributed by atoms with Gasteiger partial charge in [-0.1, -0.05) is 20.8 Å². The number of likely N-dealkylation sites (N-methyl/N-ethyl adjacent to an activating group) is 1. The third-order valence-corrected chi connectivity index (χ3v) is 4.99. The van der Waals surface area contributed by atoms with Crippen molar-refractivity contribution in [3.63, 3.8) is 0 Å². The number of nitrogens with one attached hydrogen (secondary N) is 2. The van der Waals surface area contributed by atoms with E-state index in [0.717, 1.165) is 43.7 Å². The first-order valence-corrected chi connectivity index (χ1v) is 9.62. The molecule has 1 saturated heterocycles. The van der Waals surface area contributed by atoms with Crippen LogP contribution in [0, 0.1) is 12.8 Å². The van der Waals surface area contributed by atoms with Crippen molar-refractivity contribution in [3.05, 3.63) is 11.6 Å². The molecule has 2 heterocycles. The fourth-order valence-corrected chi connectivity index (χ4v) is 3.15. The van der Waals surface area contributed by atoms with Crippen molar-refractivity contribution < 1.29 is 0 Å². The molecule has 1 fully saturated rings. The summed E-state index contributed by atoms with van der Waals surface area (Å²) in [4.78, 5) is 7.28. The molecule has 0 bridgehead atoms. The van der Waals surface area contributed by atoms with E-state index in [2.05, 4.69) is 46.5 Å². The molecule has 1 atom stereocenters. The van der Waals surface area contributed by atoms with Crippen LogP contribution >= 0.6 is 0 Å². The average molecular weight is 350 g/mol. The predicted molar refractivity (Wildman–Crippen MR) is 103 cm³/mol. The van der Waals surface area contributed by atoms with Gasteiger partial charge in [-0.05, 0) is 45.2 Å². The highest BCUT2D eigenvalue weighted by Crippen LogP contribution is 2.15. The molecule has 2 N–H and O–H groups in total. The lowest BCUT2D eigenvalue weighted by molar-refractivity contribution is 0.267. The normalized spacial score (nSPS) is 19.0. The molecule has 142 valence electrons. The Kier molecular flexibility index (Phi) is 7.68. The third kappa shape index (κ3) is 5.99. The summed E-state index contributed by atoms with van der Waals surface area (Å²) in [6, 6.07) is 0.610. The molecule has 0 amide bonds. The van der Waals surface area contributed by atoms with Crippen LogP contribution in [0.1, 0.15) is 51.7 Å². The average Bonchev–Trinajstić information content (AvgIpc) is 3.17. The number of aromatic nitrogens is 3. The van der Waals surface area contributed by atoms with Crippen LogP contribution in [0.5, 0.6) is 0 Å². The van der Waals surface area contributed by atoms with E-state index in [-0.39, 0.29) is 0 Å². The van der Waals surface area contributed by atoms with Gasteiger partial charge in [0, 0.05) is 26.2 Å². The zero-order chi connectivity index (χ0) is 18.2. The molecule has 0 aromatic carbocycles. The van der Waals surface area contributed by atoms with Crippen LogP contribution in [0.25, 0.3) is 0 Å². The zero-order valence-corrected chi connectivity index (χ0v) is 16.5. The molecule has 7 nitrogen and oxygen atoms in total. The zero-order valence-electron chi connectivity index (χ0n) is 16.5. The van der Waals surface area contributed by atoms with Gasteiger partial charge in [-0.3, -0.25) is 4.90 Å². The monoisotopic (exact) mass is 349 g/mol. The number of nitrogens with zero attached hydrogens (tertiary/aromatic N) is 5. The summed E-state index contributed by atoms with van der Waals surface area (Å²) in [6.07, 6.45) is 3.70. The molecule has 0 saturated carbocycles. The quantitative estimate of drug-likeness (QED) is 0.552. The van der Waals surface area contributed by atoms with Gasteiger partial charge >= 0.3 is 0 Å². The van der Waals surface area contributed by atoms with E-state index in [9.17, 15) is 0 Å². The highest BCUT2D eigenvalue weighted by atomic mass is 15.3. The number of hydrogen-bond acceptors (Lipinski definition) is 4. The van der Waals surface area contributed by atoms with E-state index in [1.54, 1.807) is 0 Å². The Bertz CT molecular complexity index is 550. The summed E-state index contributed by atoms with van der Waals surface area (Å²) in [7, 11) is 1.98. The Labute approximate surface area is 152 Å². The highest BCUT2D eigenvalue weighted by Gasteiger charge is 2.22. The van der Waals surface area contributed by atoms with Gasteiger partial charge in [-0.25, -0.2) is 4.99 Å². The number of aryl methyl sites for hydroxylation is 1. The van der Waals surface area contributed by atoms with Gasteiger partial charge in [0.25, 0.3) is 0 Å². The molecule has 0 aliphatic carbocycles. The minimum absolute atomic E-state index is 0.538. The first kappa shape index (κ1) is 19.7. The largest absolute Gasteiger partial charge is 0.356 e. The smallest absolute Gasteiger partial charge is 0.191 e. The van der Waals surface area contributed by atoms with Crippen LogP contribution < -0.4 is 10.6 Å². The van der Waals surface area contributed by atoms with Gasteiger partial charge in [0.1, 0.15) is 12.4 Å². The minimum atomic E-state index is 0.538. The van der Waals surface area contributed by atoms with Crippen LogP contribution in [0.15, 0.2) is 4.99 Å². The Balaban J connectivity index is 1.93. The first-order chi connectivity index (χ1) is 12.0. The molecule has 2 rings (SSSR count). The van der Waals surface area contributed by atoms with Crippen molar-refractivity contribution in [2.75, 3.05) is 26.2 Å². The highest BCUT2D eigenvalue weighted by molar-refractivity contribution is 5.79. The van der Waals surface area contributed by atoms with Crippen molar-refractivity contribution in [1.82, 2.24) is 30.3 Å². The summed E-state index contributed by atoms with van der Waals surface area (Å²) in [6.45, 7) is 13.4. The SMILES string of the molecule is CCN1CCCC1CNC(=NCc1nnc(C)n1C)NCCC(C)C. The van der Waals surface area contributed by atoms with Crippen molar-refractivity contribution >= 4 is 5.96 Å². The second kappa shape index (κ2) is 9.75. The number of rotatable bonds is 8. The number of likely N-dealkylation sites (tertiary alicyclic amines) is 1. The minimum Gasteiger partial charge on any atom is -0.356 e. The van der Waals surface area contributed by atoms with Crippen molar-refractivity contribution in [1.29, 1.82) is 0 Å². The molecular formula is C18H35N7. The van der Waals surface area contributed by atoms with E-state index in [4.69, 9.17) is 4.99 Å². The maximum atomic E-state index is 4.73. The summed E-state index contributed by atoms with van der Waals surface area (Å²) < 4.78 is 1.99. The van der Waals surface area contributed by atoms with E-state index in [1.165, 1.54) is 19.4 Å². The second-order valence-corrected chi connectivity index (χ2v) is 7.30. The number of guanidine groups is 1. The van der Waals surface area contributed by atoms with Gasteiger partial charge in [-0.15, -0.1) is 10.2 Å². The van der Waals surface area contributed by atoms with Crippen LogP contribution in [0.3, 0.4) is 0 Å². The molecule has 0 spiro atoms. The second-order valence-electron chi connectivity index (χ2n) is 7.30. The topological polar surface area (TPSA) is 70.4 Å². The van der Waals surface area contributed by atoms with Crippen LogP contribution in [0.4, 0.5) is 0 Å². The molecule has 1 unspecified atom stereocenters. The number of hydrogen-bond donors (Lipinski definition) is 2. The Hall–Kier alpha value is -1.63. The Morgan fingerprint density at radius 1 is 1.32 bits per heavy atom. The summed E-state index contributed by atoms with van der Waals surface area (Å²) in [5.74, 6) is 3.36. The first-order valence-electron chi connectivity index (χ1n) is 9.62. The van der Waals surface area contributed by atoms with Gasteiger partial charge in [0.15, 0.2) is 11.8 Å². The predicted octanol–water partition coefficient (Wildman–Crippen LogP) is 1.69. The summed E-state index contributed by atoms with van der Waals surface area (Å²) in [5, 5.41) is 15.3. The molecular weight excluding hydrogens is 314 g/mol. The van der Waals surface area contributed by atoms with E-state index < -0.39 is 0 Å². The number of aliphatic imine (C=N–C) groups is 1. The van der Waals surface area contributed by atoms with E-state index in [0.29, 0.717) is 18.5 Å². The third-order valence-electron chi connectivity index (χ3n) is 4.99. The molecule has 7 heteroatoms. The van der Waals surface area contributed by atoms with E-state index in [1.807, 2.05) is 18.5 Å². The molecule has 1 aromatic heterocycles. The van der Waals surface area contributed by atoms with E-state index >= 15 is 0 Å². The standard InChI is InChI=1S/C18H35N7/c1-6-25-11-7-8-16(25)12-20-18(19-10-9-14(2)3)21-13-17-23-22-15(4)24(17)5/h14,16H,6-13H2,1-5H3,(H2,19,20,21). The maximum Gasteiger partial charge on any atom is 0.191 e. The van der Waals surface area contributed by atoms with Gasteiger partial charge in [0.2, 0.25) is 0 Å². The van der Waals surface area contributed by atoms with Gasteiger partial charge in [-0.2, -0.15) is 0 Å². The van der Waals surface area contributed by atoms with Crippen LogP contribution in [0.2, 0.25) is 0 Å². The lowest BCUT2D eigenvalue weighted by Gasteiger charge is -2.24. The van der Waals surface area contributed by atoms with Crippen molar-refractivity contribution in [2.45, 2.75) is 59.5 Å². The molecule has 0 radical (unpaired) electrons. The van der Waals surface area contributed by atoms with Crippen LogP contribution in [-0.2, 0) is 13.6 Å². The maximum absolute atomic E-state index is 4.73. The van der Waals surface area contributed by atoms with Crippen LogP contribution in [-0.4, -0.2) is 57.8 Å². The Morgan fingerprint density at radius 3 is 2.76 bits per heavy atom. The molecule has 1 aliphatic rings. The van der Waals surface area contributed by atoms with Crippen molar-refractivity contribution in [3.8, 4) is 0 Å². The van der Waals surface area contributed by atoms with Crippen molar-refractivity contribution in [2.24, 2.45) is 18.0 Å². The fourth-order valence-electron chi connectivity index (χ4n) is 3.15.